The standard InChI is InChI=1S/C11H12F5N3O4S.2C11H13F4N3O4S.C9H11F3N4O3S.2C9H12F2N4O3S.C9H13FN4O3S/c1-10(2)4-5(18-23-10)24(20,21)11(15,16)6-7(12)17-19(3)8(6)22-9(13)14;1-11(2)4-5(17-22-11)23(19,20)8(13)6-7(12)16-18(3)9(6)21-10(14)15;1-11(2)6(12)8(17-22-11)23(19,20)4-5-7(13)16-18(3)9(5)21-10(14)15;1-8(2)4-5(15-19-8)20(17,18)9(11,12)6-7(10)14-16(3)13-6;1-9(2)4-5(14-18-9)19(16,17)8(11)6-7(10)13-15(3)12-6;1-9(2)6(10)8(14-18-9)19(16,17)4-5-7(11)13-15(3)12-5;1-9(2)4-7(13-17-9)18(15,16)5-6-8(10)12-14(3)11-6/h9H,4H2,1-3H3;8,10H,4H2,1-3H3;6,10H,4H2,1-3H3;4H2,1-3H3;8H,4H2,1-3H3;6H,4H2,1-3H3;4-5H2,1-3H3. The van der Waals surface area contributed by atoms with Gasteiger partial charge in [0.25, 0.3) is 49.0 Å². The Morgan fingerprint density at radius 2 is 0.651 bits per heavy atom. The van der Waals surface area contributed by atoms with E-state index in [0.29, 0.717) is 14.2 Å². The number of hydrogen-bond acceptors (Lipinski definition) is 42. The molecular formula is C69H86F21N25O24S7. The predicted molar refractivity (Wildman–Crippen MR) is 453 cm³/mol. The number of aromatic nitrogens is 18. The van der Waals surface area contributed by atoms with Crippen LogP contribution in [0.5, 0.6) is 17.6 Å². The number of rotatable bonds is 20. The van der Waals surface area contributed by atoms with E-state index in [4.69, 9.17) is 29.0 Å². The van der Waals surface area contributed by atoms with Crippen molar-refractivity contribution in [3.8, 4) is 17.6 Å². The molecule has 0 bridgehead atoms. The average molecular weight is 2270 g/mol. The van der Waals surface area contributed by atoms with Crippen LogP contribution in [-0.4, -0.2) is 255 Å². The molecule has 14 rings (SSSR count). The minimum atomic E-state index is -5.56. The van der Waals surface area contributed by atoms with Gasteiger partial charge in [0.05, 0.1) is 11.3 Å². The van der Waals surface area contributed by atoms with Gasteiger partial charge in [0, 0.05) is 81.4 Å². The Morgan fingerprint density at radius 3 is 1.00 bits per heavy atom. The van der Waals surface area contributed by atoms with Crippen molar-refractivity contribution in [1.29, 1.82) is 0 Å². The highest BCUT2D eigenvalue weighted by Gasteiger charge is 2.60. The molecule has 146 heavy (non-hydrogen) atoms. The Kier molecular flexibility index (Phi) is 34.6. The van der Waals surface area contributed by atoms with Crippen molar-refractivity contribution in [2.24, 2.45) is 85.4 Å². The summed E-state index contributed by atoms with van der Waals surface area (Å²) in [6.45, 7) is 10.4. The molecule has 0 aromatic carbocycles. The molecule has 4 atom stereocenters. The molecule has 77 heteroatoms. The Labute approximate surface area is 812 Å². The number of hydrogen-bond donors (Lipinski definition) is 0. The van der Waals surface area contributed by atoms with Crippen LogP contribution in [0.1, 0.15) is 180 Å². The molecule has 7 aliphatic rings. The number of halogens is 21. The maximum Gasteiger partial charge on any atom is 0.399 e. The van der Waals surface area contributed by atoms with Crippen LogP contribution < -0.4 is 14.2 Å². The highest BCUT2D eigenvalue weighted by atomic mass is 32.2. The third-order valence-electron chi connectivity index (χ3n) is 19.2. The minimum absolute atomic E-state index is 0.0856. The van der Waals surface area contributed by atoms with Gasteiger partial charge in [-0.15, -0.1) is 40.8 Å². The molecule has 0 aliphatic carbocycles. The molecule has 7 aliphatic heterocycles. The molecule has 0 saturated carbocycles. The molecule has 0 fully saturated rings. The maximum absolute atomic E-state index is 14.5. The van der Waals surface area contributed by atoms with Gasteiger partial charge in [0.15, 0.2) is 60.0 Å². The zero-order chi connectivity index (χ0) is 111. The smallest absolute Gasteiger partial charge is 0.399 e. The summed E-state index contributed by atoms with van der Waals surface area (Å²) in [5, 5.41) is 44.1. The van der Waals surface area contributed by atoms with Crippen molar-refractivity contribution in [2.75, 3.05) is 0 Å². The van der Waals surface area contributed by atoms with Gasteiger partial charge in [-0.05, 0) is 96.9 Å². The van der Waals surface area contributed by atoms with Crippen LogP contribution in [0.15, 0.2) is 36.1 Å². The Morgan fingerprint density at radius 1 is 0.336 bits per heavy atom. The van der Waals surface area contributed by atoms with Gasteiger partial charge in [0.2, 0.25) is 106 Å². The van der Waals surface area contributed by atoms with Gasteiger partial charge in [0.1, 0.15) is 56.5 Å². The highest BCUT2D eigenvalue weighted by molar-refractivity contribution is 8.08. The van der Waals surface area contributed by atoms with E-state index in [1.54, 1.807) is 27.7 Å². The number of sulfone groups is 7. The fourth-order valence-electron chi connectivity index (χ4n) is 12.0. The molecule has 14 heterocycles. The first kappa shape index (κ1) is 119. The van der Waals surface area contributed by atoms with Crippen LogP contribution in [-0.2, 0) is 180 Å². The van der Waals surface area contributed by atoms with E-state index < -0.39 is 303 Å². The second-order valence-electron chi connectivity index (χ2n) is 35.2. The van der Waals surface area contributed by atoms with Crippen molar-refractivity contribution in [3.63, 3.8) is 0 Å². The van der Waals surface area contributed by atoms with E-state index in [9.17, 15) is 151 Å². The summed E-state index contributed by atoms with van der Waals surface area (Å²) in [6.07, 6.45) is -4.99. The maximum atomic E-state index is 14.5. The average Bonchev–Trinajstić information content (AvgIpc) is 1.56. The van der Waals surface area contributed by atoms with E-state index in [-0.39, 0.29) is 46.8 Å². The summed E-state index contributed by atoms with van der Waals surface area (Å²) in [5.74, 6) is -15.4. The summed E-state index contributed by atoms with van der Waals surface area (Å²) < 4.78 is 464. The molecule has 7 aromatic heterocycles. The first-order valence-corrected chi connectivity index (χ1v) is 51.2. The first-order valence-electron chi connectivity index (χ1n) is 40.1. The summed E-state index contributed by atoms with van der Waals surface area (Å²) >= 11 is 0. The van der Waals surface area contributed by atoms with Crippen molar-refractivity contribution in [2.45, 2.75) is 239 Å². The van der Waals surface area contributed by atoms with E-state index in [2.05, 4.69) is 111 Å². The molecule has 820 valence electrons. The Hall–Kier alpha value is -11.9. The zero-order valence-electron chi connectivity index (χ0n) is 79.0. The molecule has 7 aromatic rings. The molecule has 0 spiro atoms. The van der Waals surface area contributed by atoms with E-state index in [1.165, 1.54) is 90.4 Å². The summed E-state index contributed by atoms with van der Waals surface area (Å²) in [4.78, 5) is 36.7. The lowest BCUT2D eigenvalue weighted by molar-refractivity contribution is -0.0587. The van der Waals surface area contributed by atoms with Crippen LogP contribution in [0.2, 0.25) is 0 Å². The first-order chi connectivity index (χ1) is 66.1. The SMILES string of the molecule is Cn1nc(F)c(C(F)(F)S(=O)(=O)C2=NOC(C)(C)C2)c1OC(F)F.Cn1nc(F)c(C(F)(F)S(=O)(=O)C2=NOC(C)(C)C2)n1.Cn1nc(F)c(C(F)S(=O)(=O)C2=NOC(C)(C)C2)c1OC(F)F.Cn1nc(F)c(C(F)S(=O)(=O)C2=NOC(C)(C)C2)n1.Cn1nc(F)c(CS(=O)(=O)C2=NOC(C)(C)C2)n1.Cn1nc(F)c(CS(=O)(=O)C2=NOC(C)(C)C2F)c1OC(F)F.Cn1nc(F)c(CS(=O)(=O)C2=NOC(C)(C)C2F)n1. The molecule has 0 amide bonds. The fraction of sp³-hybridized carbons (Fsp3) is 0.652. The van der Waals surface area contributed by atoms with Crippen molar-refractivity contribution in [1.82, 2.24) is 89.3 Å². The minimum Gasteiger partial charge on any atom is -0.417 e. The lowest BCUT2D eigenvalue weighted by Crippen LogP contribution is -2.37. The highest BCUT2D eigenvalue weighted by Crippen LogP contribution is 2.47. The topological polar surface area (TPSA) is 594 Å². The Bertz CT molecular complexity index is 7190. The predicted octanol–water partition coefficient (Wildman–Crippen LogP) is 8.22. The Balaban J connectivity index is 0.000000208. The quantitative estimate of drug-likeness (QED) is 0.0648. The third-order valence-corrected chi connectivity index (χ3v) is 30.6. The van der Waals surface area contributed by atoms with Crippen molar-refractivity contribution >= 4 is 104 Å². The molecule has 0 N–H and O–H groups in total. The lowest BCUT2D eigenvalue weighted by atomic mass is 10.1. The largest absolute Gasteiger partial charge is 0.417 e. The third kappa shape index (κ3) is 27.0. The van der Waals surface area contributed by atoms with Crippen LogP contribution in [0.25, 0.3) is 0 Å². The molecule has 49 nitrogen and oxygen atoms in total. The fourth-order valence-corrected chi connectivity index (χ4v) is 22.0. The lowest BCUT2D eigenvalue weighted by Gasteiger charge is -2.18. The number of ether oxygens (including phenoxy) is 3. The molecular weight excluding hydrogens is 2190 g/mol. The summed E-state index contributed by atoms with van der Waals surface area (Å²) in [5.41, 5.74) is -20.1. The van der Waals surface area contributed by atoms with Crippen molar-refractivity contribution in [3.05, 3.63) is 81.1 Å². The van der Waals surface area contributed by atoms with Crippen LogP contribution in [0.4, 0.5) is 92.2 Å². The van der Waals surface area contributed by atoms with Crippen LogP contribution in [0, 0.1) is 41.6 Å². The zero-order valence-corrected chi connectivity index (χ0v) is 84.7. The van der Waals surface area contributed by atoms with Crippen molar-refractivity contribution < 1.29 is 199 Å². The summed E-state index contributed by atoms with van der Waals surface area (Å²) in [6, 6.07) is 0. The number of aryl methyl sites for hydroxylation is 7. The number of oxime groups is 7. The van der Waals surface area contributed by atoms with E-state index in [0.717, 1.165) is 42.6 Å². The summed E-state index contributed by atoms with van der Waals surface area (Å²) in [7, 11) is -24.4. The molecule has 0 saturated heterocycles. The van der Waals surface area contributed by atoms with Gasteiger partial charge < -0.3 is 48.1 Å². The van der Waals surface area contributed by atoms with Gasteiger partial charge in [-0.2, -0.15) is 109 Å². The van der Waals surface area contributed by atoms with Gasteiger partial charge >= 0.3 is 30.3 Å². The van der Waals surface area contributed by atoms with Crippen LogP contribution in [0.3, 0.4) is 0 Å². The van der Waals surface area contributed by atoms with E-state index >= 15 is 0 Å². The number of nitrogens with zero attached hydrogens (tertiary/aromatic N) is 25. The van der Waals surface area contributed by atoms with Gasteiger partial charge in [-0.25, -0.2) is 90.5 Å². The normalized spacial score (nSPS) is 19.4. The second-order valence-corrected chi connectivity index (χ2v) is 49.0. The van der Waals surface area contributed by atoms with Gasteiger partial charge in [-0.3, -0.25) is 0 Å². The number of alkyl halides is 14. The van der Waals surface area contributed by atoms with Crippen LogP contribution >= 0.6 is 0 Å². The van der Waals surface area contributed by atoms with Gasteiger partial charge in [-0.1, -0.05) is 36.1 Å². The van der Waals surface area contributed by atoms with E-state index in [1.807, 2.05) is 0 Å². The molecule has 4 unspecified atom stereocenters. The second kappa shape index (κ2) is 42.4. The monoisotopic (exact) mass is 2270 g/mol. The molecule has 0 radical (unpaired) electrons.